The van der Waals surface area contributed by atoms with Crippen molar-refractivity contribution in [2.75, 3.05) is 7.11 Å². The first-order valence-corrected chi connectivity index (χ1v) is 4.75. The summed E-state index contributed by atoms with van der Waals surface area (Å²) in [6.07, 6.45) is 1.48. The third kappa shape index (κ3) is 2.04. The van der Waals surface area contributed by atoms with Gasteiger partial charge in [-0.3, -0.25) is 4.98 Å². The quantitative estimate of drug-likeness (QED) is 0.751. The van der Waals surface area contributed by atoms with Crippen molar-refractivity contribution in [3.05, 3.63) is 35.1 Å². The number of carbonyl (C=O) groups is 1. The monoisotopic (exact) mass is 238 g/mol. The predicted octanol–water partition coefficient (Wildman–Crippen LogP) is 2.18. The zero-order chi connectivity index (χ0) is 11.5. The highest BCUT2D eigenvalue weighted by atomic mass is 35.5. The molecule has 0 unspecified atom stereocenters. The Balaban J connectivity index is 2.31. The number of methoxy groups -OCH3 is 1. The minimum atomic E-state index is -0.552. The molecule has 0 N–H and O–H groups in total. The molecule has 0 saturated heterocycles. The molecule has 0 aliphatic carbocycles. The van der Waals surface area contributed by atoms with Gasteiger partial charge in [-0.05, 0) is 12.1 Å². The zero-order valence-electron chi connectivity index (χ0n) is 8.31. The van der Waals surface area contributed by atoms with Gasteiger partial charge in [-0.25, -0.2) is 4.79 Å². The number of hydrogen-bond donors (Lipinski definition) is 0. The summed E-state index contributed by atoms with van der Waals surface area (Å²) in [6, 6.07) is 4.80. The third-order valence-corrected chi connectivity index (χ3v) is 2.11. The molecule has 2 aromatic heterocycles. The molecule has 2 heterocycles. The van der Waals surface area contributed by atoms with Crippen LogP contribution in [0.5, 0.6) is 0 Å². The molecular formula is C10H7ClN2O3. The molecule has 2 rings (SSSR count). The molecule has 6 heteroatoms. The van der Waals surface area contributed by atoms with E-state index in [1.807, 2.05) is 0 Å². The fourth-order valence-corrected chi connectivity index (χ4v) is 1.23. The second-order valence-corrected chi connectivity index (χ2v) is 3.37. The molecule has 0 amide bonds. The normalized spacial score (nSPS) is 10.1. The lowest BCUT2D eigenvalue weighted by Gasteiger charge is -1.93. The topological polar surface area (TPSA) is 65.2 Å². The molecule has 0 bridgehead atoms. The summed E-state index contributed by atoms with van der Waals surface area (Å²) in [5, 5.41) is 4.09. The number of nitrogens with zero attached hydrogens (tertiary/aromatic N) is 2. The van der Waals surface area contributed by atoms with Crippen molar-refractivity contribution in [1.29, 1.82) is 0 Å². The van der Waals surface area contributed by atoms with Crippen molar-refractivity contribution in [2.45, 2.75) is 0 Å². The summed E-state index contributed by atoms with van der Waals surface area (Å²) in [5.74, 6) is -0.166. The van der Waals surface area contributed by atoms with E-state index >= 15 is 0 Å². The van der Waals surface area contributed by atoms with Gasteiger partial charge in [-0.1, -0.05) is 16.8 Å². The molecule has 5 nitrogen and oxygen atoms in total. The minimum Gasteiger partial charge on any atom is -0.464 e. The van der Waals surface area contributed by atoms with Crippen LogP contribution in [0, 0.1) is 0 Å². The average molecular weight is 239 g/mol. The smallest absolute Gasteiger partial charge is 0.360 e. The van der Waals surface area contributed by atoms with E-state index in [1.54, 1.807) is 12.1 Å². The first-order valence-electron chi connectivity index (χ1n) is 4.37. The number of aromatic nitrogens is 2. The largest absolute Gasteiger partial charge is 0.464 e. The second-order valence-electron chi connectivity index (χ2n) is 2.93. The zero-order valence-corrected chi connectivity index (χ0v) is 9.06. The Hall–Kier alpha value is -1.88. The molecule has 0 aliphatic rings. The lowest BCUT2D eigenvalue weighted by atomic mass is 10.2. The summed E-state index contributed by atoms with van der Waals surface area (Å²) in [5.41, 5.74) is 0.654. The van der Waals surface area contributed by atoms with Gasteiger partial charge in [0, 0.05) is 12.3 Å². The van der Waals surface area contributed by atoms with E-state index in [0.717, 1.165) is 0 Å². The van der Waals surface area contributed by atoms with E-state index in [-0.39, 0.29) is 5.69 Å². The van der Waals surface area contributed by atoms with Crippen LogP contribution in [0.3, 0.4) is 0 Å². The second kappa shape index (κ2) is 4.32. The van der Waals surface area contributed by atoms with Gasteiger partial charge in [0.1, 0.15) is 5.69 Å². The van der Waals surface area contributed by atoms with Crippen molar-refractivity contribution in [3.63, 3.8) is 0 Å². The van der Waals surface area contributed by atoms with Gasteiger partial charge in [-0.15, -0.1) is 0 Å². The minimum absolute atomic E-state index is 0.106. The summed E-state index contributed by atoms with van der Waals surface area (Å²) in [6.45, 7) is 0. The van der Waals surface area contributed by atoms with Gasteiger partial charge >= 0.3 is 5.97 Å². The number of ether oxygens (including phenoxy) is 1. The van der Waals surface area contributed by atoms with Crippen LogP contribution < -0.4 is 0 Å². The van der Waals surface area contributed by atoms with Gasteiger partial charge in [0.2, 0.25) is 0 Å². The summed E-state index contributed by atoms with van der Waals surface area (Å²) in [7, 11) is 1.28. The Labute approximate surface area is 96.0 Å². The van der Waals surface area contributed by atoms with Crippen LogP contribution in [-0.2, 0) is 4.74 Å². The molecule has 0 saturated carbocycles. The lowest BCUT2D eigenvalue weighted by molar-refractivity contribution is 0.0589. The molecule has 16 heavy (non-hydrogen) atoms. The van der Waals surface area contributed by atoms with Crippen molar-refractivity contribution in [3.8, 4) is 11.5 Å². The number of halogens is 1. The summed E-state index contributed by atoms with van der Waals surface area (Å²) >= 11 is 5.69. The first-order chi connectivity index (χ1) is 7.70. The molecule has 0 aromatic carbocycles. The van der Waals surface area contributed by atoms with Crippen molar-refractivity contribution < 1.29 is 14.1 Å². The van der Waals surface area contributed by atoms with Crippen LogP contribution in [0.2, 0.25) is 5.02 Å². The molecule has 0 atom stereocenters. The third-order valence-electron chi connectivity index (χ3n) is 1.88. The molecular weight excluding hydrogens is 232 g/mol. The highest BCUT2D eigenvalue weighted by molar-refractivity contribution is 6.30. The lowest BCUT2D eigenvalue weighted by Crippen LogP contribution is -2.00. The van der Waals surface area contributed by atoms with E-state index < -0.39 is 5.97 Å². The van der Waals surface area contributed by atoms with Gasteiger partial charge in [0.05, 0.1) is 12.1 Å². The molecule has 0 spiro atoms. The molecule has 0 fully saturated rings. The Morgan fingerprint density at radius 1 is 1.50 bits per heavy atom. The van der Waals surface area contributed by atoms with E-state index in [1.165, 1.54) is 19.4 Å². The van der Waals surface area contributed by atoms with E-state index in [0.29, 0.717) is 16.5 Å². The van der Waals surface area contributed by atoms with E-state index in [4.69, 9.17) is 16.1 Å². The van der Waals surface area contributed by atoms with Crippen LogP contribution in [0.15, 0.2) is 28.9 Å². The highest BCUT2D eigenvalue weighted by Crippen LogP contribution is 2.19. The maximum atomic E-state index is 11.1. The Morgan fingerprint density at radius 3 is 2.94 bits per heavy atom. The first kappa shape index (κ1) is 10.6. The van der Waals surface area contributed by atoms with Crippen LogP contribution in [0.25, 0.3) is 11.5 Å². The van der Waals surface area contributed by atoms with Crippen LogP contribution in [-0.4, -0.2) is 23.2 Å². The number of carbonyl (C=O) groups excluding carboxylic acids is 1. The summed E-state index contributed by atoms with van der Waals surface area (Å²) in [4.78, 5) is 15.2. The van der Waals surface area contributed by atoms with Crippen molar-refractivity contribution in [1.82, 2.24) is 10.1 Å². The number of esters is 1. The van der Waals surface area contributed by atoms with Gasteiger partial charge in [-0.2, -0.15) is 0 Å². The van der Waals surface area contributed by atoms with Crippen molar-refractivity contribution in [2.24, 2.45) is 0 Å². The Kier molecular flexibility index (Phi) is 2.87. The SMILES string of the molecule is COC(=O)c1cc(-c2ccc(Cl)cn2)on1. The Bertz CT molecular complexity index is 507. The fraction of sp³-hybridized carbons (Fsp3) is 0.100. The predicted molar refractivity (Wildman–Crippen MR) is 56.1 cm³/mol. The number of pyridine rings is 1. The summed E-state index contributed by atoms with van der Waals surface area (Å²) < 4.78 is 9.46. The van der Waals surface area contributed by atoms with Gasteiger partial charge in [0.25, 0.3) is 0 Å². The van der Waals surface area contributed by atoms with E-state index in [2.05, 4.69) is 14.9 Å². The van der Waals surface area contributed by atoms with Crippen LogP contribution in [0.1, 0.15) is 10.5 Å². The Morgan fingerprint density at radius 2 is 2.31 bits per heavy atom. The fourth-order valence-electron chi connectivity index (χ4n) is 1.12. The van der Waals surface area contributed by atoms with E-state index in [9.17, 15) is 4.79 Å². The maximum absolute atomic E-state index is 11.1. The number of rotatable bonds is 2. The maximum Gasteiger partial charge on any atom is 0.360 e. The molecule has 2 aromatic rings. The average Bonchev–Trinajstić information content (AvgIpc) is 2.78. The van der Waals surface area contributed by atoms with Gasteiger partial charge < -0.3 is 9.26 Å². The van der Waals surface area contributed by atoms with Crippen molar-refractivity contribution >= 4 is 17.6 Å². The molecule has 0 radical (unpaired) electrons. The highest BCUT2D eigenvalue weighted by Gasteiger charge is 2.14. The van der Waals surface area contributed by atoms with Gasteiger partial charge in [0.15, 0.2) is 11.5 Å². The molecule has 0 aliphatic heterocycles. The molecule has 82 valence electrons. The standard InChI is InChI=1S/C10H7ClN2O3/c1-15-10(14)8-4-9(16-13-8)7-3-2-6(11)5-12-7/h2-5H,1H3. The number of hydrogen-bond acceptors (Lipinski definition) is 5. The van der Waals surface area contributed by atoms with Crippen LogP contribution in [0.4, 0.5) is 0 Å². The van der Waals surface area contributed by atoms with Crippen LogP contribution >= 0.6 is 11.6 Å².